The molecule has 0 radical (unpaired) electrons. The molecule has 4 rings (SSSR count). The summed E-state index contributed by atoms with van der Waals surface area (Å²) in [4.78, 5) is 40.9. The fourth-order valence-corrected chi connectivity index (χ4v) is 3.92. The van der Waals surface area contributed by atoms with Crippen molar-refractivity contribution in [3.8, 4) is 6.07 Å². The van der Waals surface area contributed by atoms with Gasteiger partial charge in [0.05, 0.1) is 11.6 Å². The smallest absolute Gasteiger partial charge is 0.308 e. The van der Waals surface area contributed by atoms with Crippen LogP contribution in [0.5, 0.6) is 0 Å². The number of nitrogens with two attached hydrogens (primary N) is 1. The van der Waals surface area contributed by atoms with Crippen LogP contribution in [0.1, 0.15) is 38.8 Å². The van der Waals surface area contributed by atoms with Crippen molar-refractivity contribution in [2.45, 2.75) is 57.0 Å². The summed E-state index contributed by atoms with van der Waals surface area (Å²) < 4.78 is 24.0. The van der Waals surface area contributed by atoms with Gasteiger partial charge in [-0.05, 0) is 18.6 Å². The molecule has 33 heavy (non-hydrogen) atoms. The normalized spacial score (nSPS) is 27.6. The minimum absolute atomic E-state index is 0.00576. The Morgan fingerprint density at radius 3 is 2.76 bits per heavy atom. The van der Waals surface area contributed by atoms with Crippen LogP contribution in [0.2, 0.25) is 0 Å². The van der Waals surface area contributed by atoms with Crippen LogP contribution in [0.4, 0.5) is 5.82 Å². The molecule has 4 heterocycles. The molecule has 2 aliphatic heterocycles. The van der Waals surface area contributed by atoms with Crippen LogP contribution < -0.4 is 5.73 Å². The SMILES string of the molecule is CC(C)C(=O)OC[C@H]1O[C@@](C#N)(c2ccc3c(N)ncnn23)[C@@H]2OC(=O)CCCC(=O)O[C@@H]21. The molecule has 12 nitrogen and oxygen atoms in total. The van der Waals surface area contributed by atoms with E-state index in [4.69, 9.17) is 24.7 Å². The van der Waals surface area contributed by atoms with Crippen LogP contribution in [-0.2, 0) is 38.9 Å². The standard InChI is InChI=1S/C21H23N5O7/c1-11(2)20(29)30-8-13-17-18(32-16(28)5-3-4-15(27)31-17)21(9-22,33-13)14-7-6-12-19(23)24-10-25-26(12)14/h6-7,10-11,13,17-18H,3-5,8H2,1-2H3,(H2,23,24,25)/t13-,17-,18-,21+/m1/s1. The minimum Gasteiger partial charge on any atom is -0.463 e. The van der Waals surface area contributed by atoms with Crippen molar-refractivity contribution in [1.82, 2.24) is 14.6 Å². The molecule has 0 unspecified atom stereocenters. The second-order valence-corrected chi connectivity index (χ2v) is 8.17. The first kappa shape index (κ1) is 22.5. The van der Waals surface area contributed by atoms with Crippen molar-refractivity contribution >= 4 is 29.2 Å². The van der Waals surface area contributed by atoms with E-state index >= 15 is 0 Å². The molecule has 12 heteroatoms. The van der Waals surface area contributed by atoms with E-state index in [1.54, 1.807) is 26.0 Å². The molecular weight excluding hydrogens is 434 g/mol. The summed E-state index contributed by atoms with van der Waals surface area (Å²) in [7, 11) is 0. The Kier molecular flexibility index (Phi) is 5.90. The quantitative estimate of drug-likeness (QED) is 0.505. The second-order valence-electron chi connectivity index (χ2n) is 8.17. The van der Waals surface area contributed by atoms with Gasteiger partial charge in [-0.25, -0.2) is 9.50 Å². The number of fused-ring (bicyclic) bond motifs is 2. The predicted octanol–water partition coefficient (Wildman–Crippen LogP) is 0.636. The highest BCUT2D eigenvalue weighted by molar-refractivity contribution is 5.74. The van der Waals surface area contributed by atoms with Gasteiger partial charge in [-0.1, -0.05) is 13.8 Å². The van der Waals surface area contributed by atoms with Gasteiger partial charge in [0.25, 0.3) is 0 Å². The molecule has 0 saturated carbocycles. The van der Waals surface area contributed by atoms with Gasteiger partial charge in [-0.2, -0.15) is 10.4 Å². The molecular formula is C21H23N5O7. The summed E-state index contributed by atoms with van der Waals surface area (Å²) in [5.41, 5.74) is 4.60. The highest BCUT2D eigenvalue weighted by Crippen LogP contribution is 2.44. The van der Waals surface area contributed by atoms with Gasteiger partial charge in [-0.3, -0.25) is 14.4 Å². The molecule has 2 aromatic rings. The number of aromatic nitrogens is 3. The van der Waals surface area contributed by atoms with Gasteiger partial charge in [-0.15, -0.1) is 0 Å². The molecule has 0 amide bonds. The third kappa shape index (κ3) is 3.95. The Morgan fingerprint density at radius 2 is 2.06 bits per heavy atom. The van der Waals surface area contributed by atoms with Gasteiger partial charge in [0.1, 0.15) is 30.6 Å². The van der Waals surface area contributed by atoms with Crippen molar-refractivity contribution in [2.75, 3.05) is 12.3 Å². The highest BCUT2D eigenvalue weighted by atomic mass is 16.7. The number of carbonyl (C=O) groups is 3. The molecule has 2 aliphatic rings. The lowest BCUT2D eigenvalue weighted by molar-refractivity contribution is -0.167. The van der Waals surface area contributed by atoms with Crippen LogP contribution in [-0.4, -0.2) is 57.4 Å². The van der Waals surface area contributed by atoms with Gasteiger partial charge in [0.2, 0.25) is 5.60 Å². The number of esters is 3. The van der Waals surface area contributed by atoms with Crippen LogP contribution in [0.15, 0.2) is 18.5 Å². The Labute approximate surface area is 188 Å². The maximum atomic E-state index is 12.5. The molecule has 174 valence electrons. The third-order valence-electron chi connectivity index (χ3n) is 5.58. The Hall–Kier alpha value is -3.72. The lowest BCUT2D eigenvalue weighted by atomic mass is 9.92. The van der Waals surface area contributed by atoms with E-state index in [9.17, 15) is 19.6 Å². The Balaban J connectivity index is 1.81. The van der Waals surface area contributed by atoms with E-state index < -0.39 is 47.7 Å². The van der Waals surface area contributed by atoms with Gasteiger partial charge >= 0.3 is 17.9 Å². The topological polar surface area (TPSA) is 168 Å². The number of hydrogen-bond donors (Lipinski definition) is 1. The number of nitrogen functional groups attached to an aromatic ring is 1. The number of carbonyl (C=O) groups excluding carboxylic acids is 3. The summed E-state index contributed by atoms with van der Waals surface area (Å²) >= 11 is 0. The maximum absolute atomic E-state index is 12.5. The summed E-state index contributed by atoms with van der Waals surface area (Å²) in [6.07, 6.45) is -2.19. The van der Waals surface area contributed by atoms with Crippen LogP contribution in [0.3, 0.4) is 0 Å². The zero-order valence-electron chi connectivity index (χ0n) is 18.1. The Bertz CT molecular complexity index is 1140. The first-order chi connectivity index (χ1) is 15.8. The van der Waals surface area contributed by atoms with Gasteiger partial charge < -0.3 is 24.7 Å². The summed E-state index contributed by atoms with van der Waals surface area (Å²) in [5, 5.41) is 14.5. The van der Waals surface area contributed by atoms with Crippen molar-refractivity contribution < 1.29 is 33.3 Å². The number of ether oxygens (including phenoxy) is 4. The van der Waals surface area contributed by atoms with E-state index in [-0.39, 0.29) is 37.4 Å². The van der Waals surface area contributed by atoms with Crippen molar-refractivity contribution in [3.05, 3.63) is 24.2 Å². The summed E-state index contributed by atoms with van der Waals surface area (Å²) in [5.74, 6) is -1.92. The first-order valence-electron chi connectivity index (χ1n) is 10.5. The maximum Gasteiger partial charge on any atom is 0.308 e. The third-order valence-corrected chi connectivity index (χ3v) is 5.58. The van der Waals surface area contributed by atoms with Crippen LogP contribution >= 0.6 is 0 Å². The fraction of sp³-hybridized carbons (Fsp3) is 0.524. The molecule has 0 aromatic carbocycles. The van der Waals surface area contributed by atoms with Gasteiger partial charge in [0.15, 0.2) is 18.0 Å². The van der Waals surface area contributed by atoms with Crippen molar-refractivity contribution in [3.63, 3.8) is 0 Å². The molecule has 2 fully saturated rings. The summed E-state index contributed by atoms with van der Waals surface area (Å²) in [6, 6.07) is 5.22. The lowest BCUT2D eigenvalue weighted by Crippen LogP contribution is -2.45. The molecule has 2 saturated heterocycles. The zero-order chi connectivity index (χ0) is 23.8. The molecule has 0 aliphatic carbocycles. The first-order valence-corrected chi connectivity index (χ1v) is 10.5. The number of nitrogens with zero attached hydrogens (tertiary/aromatic N) is 4. The average Bonchev–Trinajstić information content (AvgIpc) is 3.34. The minimum atomic E-state index is -1.92. The predicted molar refractivity (Wildman–Crippen MR) is 109 cm³/mol. The Morgan fingerprint density at radius 1 is 1.33 bits per heavy atom. The van der Waals surface area contributed by atoms with Crippen molar-refractivity contribution in [2.24, 2.45) is 5.92 Å². The molecule has 2 N–H and O–H groups in total. The monoisotopic (exact) mass is 457 g/mol. The average molecular weight is 457 g/mol. The van der Waals surface area contributed by atoms with Crippen LogP contribution in [0.25, 0.3) is 5.52 Å². The number of rotatable bonds is 4. The van der Waals surface area contributed by atoms with E-state index in [2.05, 4.69) is 16.2 Å². The largest absolute Gasteiger partial charge is 0.463 e. The molecule has 2 aromatic heterocycles. The van der Waals surface area contributed by atoms with Gasteiger partial charge in [0, 0.05) is 12.8 Å². The second kappa shape index (κ2) is 8.67. The van der Waals surface area contributed by atoms with Crippen LogP contribution in [0, 0.1) is 17.2 Å². The number of anilines is 1. The molecule has 0 spiro atoms. The lowest BCUT2D eigenvalue weighted by Gasteiger charge is -2.28. The van der Waals surface area contributed by atoms with E-state index in [1.165, 1.54) is 10.8 Å². The zero-order valence-corrected chi connectivity index (χ0v) is 18.1. The summed E-state index contributed by atoms with van der Waals surface area (Å²) in [6.45, 7) is 3.02. The highest BCUT2D eigenvalue weighted by Gasteiger charge is 2.62. The van der Waals surface area contributed by atoms with E-state index in [0.717, 1.165) is 0 Å². The van der Waals surface area contributed by atoms with Crippen molar-refractivity contribution in [1.29, 1.82) is 5.26 Å². The number of hydrogen-bond acceptors (Lipinski definition) is 11. The molecule has 4 atom stereocenters. The fourth-order valence-electron chi connectivity index (χ4n) is 3.92. The van der Waals surface area contributed by atoms with E-state index in [1.807, 2.05) is 0 Å². The van der Waals surface area contributed by atoms with E-state index in [0.29, 0.717) is 5.52 Å². The number of nitriles is 1. The molecule has 0 bridgehead atoms.